The summed E-state index contributed by atoms with van der Waals surface area (Å²) in [6.45, 7) is 7.37. The molecule has 1 aliphatic carbocycles. The molecule has 132 valence electrons. The van der Waals surface area contributed by atoms with Gasteiger partial charge in [-0.2, -0.15) is 0 Å². The normalized spacial score (nSPS) is 18.5. The van der Waals surface area contributed by atoms with E-state index in [0.717, 1.165) is 19.3 Å². The van der Waals surface area contributed by atoms with Crippen LogP contribution >= 0.6 is 0 Å². The molecule has 0 radical (unpaired) electrons. The Labute approximate surface area is 152 Å². The molecule has 0 aliphatic heterocycles. The molecule has 1 aliphatic rings. The summed E-state index contributed by atoms with van der Waals surface area (Å²) in [4.78, 5) is 12.1. The Morgan fingerprint density at radius 3 is 1.88 bits per heavy atom. The second-order valence-corrected chi connectivity index (χ2v) is 12.3. The van der Waals surface area contributed by atoms with Crippen LogP contribution in [-0.4, -0.2) is 20.7 Å². The topological polar surface area (TPSA) is 26.3 Å². The van der Waals surface area contributed by atoms with E-state index in [1.54, 1.807) is 0 Å². The Morgan fingerprint density at radius 2 is 1.48 bits per heavy atom. The molecule has 2 aromatic carbocycles. The highest BCUT2D eigenvalue weighted by atomic mass is 28.4. The van der Waals surface area contributed by atoms with Crippen molar-refractivity contribution in [3.63, 3.8) is 0 Å². The van der Waals surface area contributed by atoms with Gasteiger partial charge in [0.1, 0.15) is 5.78 Å². The van der Waals surface area contributed by atoms with Crippen molar-refractivity contribution in [3.05, 3.63) is 60.7 Å². The number of ketones is 1. The van der Waals surface area contributed by atoms with Crippen molar-refractivity contribution < 1.29 is 9.22 Å². The Hall–Kier alpha value is -1.71. The average Bonchev–Trinajstić information content (AvgIpc) is 3.01. The van der Waals surface area contributed by atoms with E-state index in [4.69, 9.17) is 4.43 Å². The number of benzene rings is 2. The molecule has 1 saturated carbocycles. The number of carbonyl (C=O) groups is 1. The highest BCUT2D eigenvalue weighted by molar-refractivity contribution is 6.99. The number of hydrogen-bond donors (Lipinski definition) is 0. The lowest BCUT2D eigenvalue weighted by atomic mass is 10.1. The molecule has 0 aromatic heterocycles. The molecule has 1 fully saturated rings. The molecule has 0 heterocycles. The summed E-state index contributed by atoms with van der Waals surface area (Å²) >= 11 is 0. The highest BCUT2D eigenvalue weighted by Crippen LogP contribution is 2.37. The van der Waals surface area contributed by atoms with E-state index in [9.17, 15) is 4.79 Å². The second-order valence-electron chi connectivity index (χ2n) is 8.03. The van der Waals surface area contributed by atoms with Crippen LogP contribution in [-0.2, 0) is 9.22 Å². The van der Waals surface area contributed by atoms with E-state index >= 15 is 0 Å². The first-order chi connectivity index (χ1) is 11.9. The van der Waals surface area contributed by atoms with E-state index in [0.29, 0.717) is 12.4 Å². The van der Waals surface area contributed by atoms with E-state index < -0.39 is 8.32 Å². The molecule has 0 bridgehead atoms. The zero-order valence-corrected chi connectivity index (χ0v) is 16.5. The van der Waals surface area contributed by atoms with Crippen molar-refractivity contribution in [2.45, 2.75) is 45.1 Å². The first-order valence-corrected chi connectivity index (χ1v) is 11.1. The van der Waals surface area contributed by atoms with Crippen molar-refractivity contribution in [3.8, 4) is 0 Å². The van der Waals surface area contributed by atoms with E-state index in [1.807, 2.05) is 0 Å². The van der Waals surface area contributed by atoms with Gasteiger partial charge in [0.25, 0.3) is 8.32 Å². The fourth-order valence-corrected chi connectivity index (χ4v) is 8.66. The van der Waals surface area contributed by atoms with Crippen molar-refractivity contribution in [2.75, 3.05) is 6.61 Å². The number of Topliss-reactive ketones (excluding diaryl/α,β-unsaturated/α-hetero) is 1. The smallest absolute Gasteiger partial charge is 0.261 e. The number of carbonyl (C=O) groups excluding carboxylic acids is 1. The second kappa shape index (κ2) is 7.26. The van der Waals surface area contributed by atoms with Gasteiger partial charge in [0.2, 0.25) is 0 Å². The monoisotopic (exact) mass is 352 g/mol. The number of rotatable bonds is 5. The van der Waals surface area contributed by atoms with Crippen LogP contribution in [0.1, 0.15) is 40.0 Å². The maximum Gasteiger partial charge on any atom is 0.261 e. The number of hydrogen-bond acceptors (Lipinski definition) is 2. The summed E-state index contributed by atoms with van der Waals surface area (Å²) in [6.07, 6.45) is 2.69. The molecule has 2 aromatic rings. The summed E-state index contributed by atoms with van der Waals surface area (Å²) in [5.74, 6) is 0.444. The van der Waals surface area contributed by atoms with Crippen molar-refractivity contribution >= 4 is 24.5 Å². The van der Waals surface area contributed by atoms with E-state index in [1.165, 1.54) is 10.4 Å². The minimum atomic E-state index is -2.50. The summed E-state index contributed by atoms with van der Waals surface area (Å²) in [5, 5.41) is 2.52. The van der Waals surface area contributed by atoms with Crippen molar-refractivity contribution in [1.29, 1.82) is 0 Å². The van der Waals surface area contributed by atoms with Gasteiger partial charge in [-0.25, -0.2) is 0 Å². The van der Waals surface area contributed by atoms with Crippen LogP contribution in [0.3, 0.4) is 0 Å². The van der Waals surface area contributed by atoms with Gasteiger partial charge in [-0.15, -0.1) is 0 Å². The zero-order valence-electron chi connectivity index (χ0n) is 15.5. The third-order valence-electron chi connectivity index (χ3n) is 5.35. The zero-order chi connectivity index (χ0) is 17.9. The fourth-order valence-electron chi connectivity index (χ4n) is 4.05. The molecule has 0 amide bonds. The van der Waals surface area contributed by atoms with Gasteiger partial charge in [-0.3, -0.25) is 4.79 Å². The van der Waals surface area contributed by atoms with Crippen LogP contribution in [0.25, 0.3) is 0 Å². The maximum atomic E-state index is 12.1. The first kappa shape index (κ1) is 18.1. The first-order valence-electron chi connectivity index (χ1n) is 9.23. The SMILES string of the molecule is CC(C)(C)[Si](OC[C@@H]1CCCC1=O)(c1ccccc1)c1ccccc1. The minimum absolute atomic E-state index is 0.0304. The van der Waals surface area contributed by atoms with Crippen molar-refractivity contribution in [2.24, 2.45) is 5.92 Å². The largest absolute Gasteiger partial charge is 0.407 e. The fraction of sp³-hybridized carbons (Fsp3) is 0.409. The van der Waals surface area contributed by atoms with Gasteiger partial charge in [0.05, 0.1) is 0 Å². The molecule has 0 N–H and O–H groups in total. The predicted molar refractivity (Wildman–Crippen MR) is 106 cm³/mol. The maximum absolute atomic E-state index is 12.1. The molecular formula is C22H28O2Si. The molecule has 25 heavy (non-hydrogen) atoms. The van der Waals surface area contributed by atoms with E-state index in [2.05, 4.69) is 81.4 Å². The Morgan fingerprint density at radius 1 is 0.960 bits per heavy atom. The summed E-state index contributed by atoms with van der Waals surface area (Å²) < 4.78 is 6.84. The van der Waals surface area contributed by atoms with Crippen LogP contribution in [0.4, 0.5) is 0 Å². The van der Waals surface area contributed by atoms with E-state index in [-0.39, 0.29) is 11.0 Å². The molecule has 1 atom stereocenters. The quantitative estimate of drug-likeness (QED) is 0.762. The molecule has 3 heteroatoms. The van der Waals surface area contributed by atoms with Gasteiger partial charge >= 0.3 is 0 Å². The summed E-state index contributed by atoms with van der Waals surface area (Å²) in [6, 6.07) is 21.3. The average molecular weight is 353 g/mol. The van der Waals surface area contributed by atoms with Gasteiger partial charge in [-0.1, -0.05) is 81.4 Å². The third kappa shape index (κ3) is 3.49. The Kier molecular flexibility index (Phi) is 5.26. The minimum Gasteiger partial charge on any atom is -0.407 e. The highest BCUT2D eigenvalue weighted by Gasteiger charge is 2.50. The molecule has 2 nitrogen and oxygen atoms in total. The van der Waals surface area contributed by atoms with Crippen LogP contribution in [0, 0.1) is 5.92 Å². The summed E-state index contributed by atoms with van der Waals surface area (Å²) in [7, 11) is -2.50. The molecule has 0 unspecified atom stereocenters. The molecule has 3 rings (SSSR count). The van der Waals surface area contributed by atoms with Gasteiger partial charge < -0.3 is 4.43 Å². The molecule has 0 spiro atoms. The van der Waals surface area contributed by atoms with Crippen LogP contribution in [0.2, 0.25) is 5.04 Å². The predicted octanol–water partition coefficient (Wildman–Crippen LogP) is 3.93. The third-order valence-corrected chi connectivity index (χ3v) is 10.4. The van der Waals surface area contributed by atoms with Crippen LogP contribution < -0.4 is 10.4 Å². The van der Waals surface area contributed by atoms with Crippen LogP contribution in [0.5, 0.6) is 0 Å². The Balaban J connectivity index is 2.07. The Bertz CT molecular complexity index is 664. The van der Waals surface area contributed by atoms with Gasteiger partial charge in [0.15, 0.2) is 0 Å². The lowest BCUT2D eigenvalue weighted by Crippen LogP contribution is -2.67. The summed E-state index contributed by atoms with van der Waals surface area (Å²) in [5.41, 5.74) is 0. The molecule has 0 saturated heterocycles. The van der Waals surface area contributed by atoms with Gasteiger partial charge in [0, 0.05) is 18.9 Å². The van der Waals surface area contributed by atoms with Gasteiger partial charge in [-0.05, 0) is 28.3 Å². The standard InChI is InChI=1S/C22H28O2Si/c1-22(2,3)25(19-12-6-4-7-13-19,20-14-8-5-9-15-20)24-17-18-11-10-16-21(18)23/h4-9,12-15,18H,10-11,16-17H2,1-3H3/t18-/m0/s1. The molecular weight excluding hydrogens is 324 g/mol. The lowest BCUT2D eigenvalue weighted by Gasteiger charge is -2.43. The van der Waals surface area contributed by atoms with Crippen LogP contribution in [0.15, 0.2) is 60.7 Å². The van der Waals surface area contributed by atoms with Crippen molar-refractivity contribution in [1.82, 2.24) is 0 Å². The lowest BCUT2D eigenvalue weighted by molar-refractivity contribution is -0.121.